The first-order valence-electron chi connectivity index (χ1n) is 7.98. The van der Waals surface area contributed by atoms with E-state index in [1.807, 2.05) is 0 Å². The number of rotatable bonds is 7. The smallest absolute Gasteiger partial charge is 0.330 e. The molecule has 0 spiro atoms. The van der Waals surface area contributed by atoms with Crippen LogP contribution in [-0.4, -0.2) is 32.5 Å². The van der Waals surface area contributed by atoms with Crippen molar-refractivity contribution in [1.29, 1.82) is 0 Å². The fraction of sp³-hybridized carbons (Fsp3) is 0.278. The highest BCUT2D eigenvalue weighted by Gasteiger charge is 2.36. The molecule has 0 aromatic heterocycles. The quantitative estimate of drug-likeness (QED) is 0.450. The number of aryl methyl sites for hydroxylation is 1. The maximum atomic E-state index is 13.0. The summed E-state index contributed by atoms with van der Waals surface area (Å²) in [6, 6.07) is 11.5. The lowest BCUT2D eigenvalue weighted by Gasteiger charge is -2.26. The monoisotopic (exact) mass is 378 g/mol. The molecule has 0 heterocycles. The van der Waals surface area contributed by atoms with Crippen molar-refractivity contribution in [3.8, 4) is 5.75 Å². The maximum absolute atomic E-state index is 13.0. The lowest BCUT2D eigenvalue weighted by Crippen LogP contribution is -2.44. The van der Waals surface area contributed by atoms with Crippen LogP contribution in [0.5, 0.6) is 5.75 Å². The number of benzene rings is 2. The molecule has 1 atom stereocenters. The molecule has 1 unspecified atom stereocenters. The van der Waals surface area contributed by atoms with Crippen molar-refractivity contribution < 1.29 is 22.7 Å². The van der Waals surface area contributed by atoms with Gasteiger partial charge in [-0.05, 0) is 43.2 Å². The number of hydrogen-bond acceptors (Lipinski definition) is 6. The Balaban J connectivity index is 2.50. The van der Waals surface area contributed by atoms with Crippen LogP contribution < -0.4 is 10.6 Å². The predicted octanol–water partition coefficient (Wildman–Crippen LogP) is 2.17. The molecule has 8 heteroatoms. The highest BCUT2D eigenvalue weighted by atomic mass is 32.2. The van der Waals surface area contributed by atoms with Crippen molar-refractivity contribution in [1.82, 2.24) is 4.41 Å². The van der Waals surface area contributed by atoms with E-state index in [1.54, 1.807) is 56.3 Å². The van der Waals surface area contributed by atoms with Gasteiger partial charge in [-0.1, -0.05) is 30.3 Å². The summed E-state index contributed by atoms with van der Waals surface area (Å²) < 4.78 is 36.6. The van der Waals surface area contributed by atoms with Crippen LogP contribution in [-0.2, 0) is 19.6 Å². The molecule has 0 radical (unpaired) electrons. The van der Waals surface area contributed by atoms with Gasteiger partial charge in [0.15, 0.2) is 6.04 Å². The molecule has 0 aliphatic rings. The third-order valence-electron chi connectivity index (χ3n) is 3.84. The zero-order valence-electron chi connectivity index (χ0n) is 14.9. The molecule has 2 aromatic carbocycles. The molecular weight excluding hydrogens is 356 g/mol. The normalized spacial score (nSPS) is 12.7. The van der Waals surface area contributed by atoms with Crippen molar-refractivity contribution >= 4 is 16.0 Å². The number of sulfonamides is 1. The second-order valence-corrected chi connectivity index (χ2v) is 7.34. The molecule has 0 fully saturated rings. The summed E-state index contributed by atoms with van der Waals surface area (Å²) in [5.74, 6) is 5.76. The Morgan fingerprint density at radius 1 is 1.15 bits per heavy atom. The summed E-state index contributed by atoms with van der Waals surface area (Å²) in [7, 11) is -2.61. The second kappa shape index (κ2) is 8.31. The van der Waals surface area contributed by atoms with E-state index in [0.29, 0.717) is 21.3 Å². The first-order chi connectivity index (χ1) is 12.3. The molecule has 2 N–H and O–H groups in total. The van der Waals surface area contributed by atoms with E-state index in [9.17, 15) is 13.2 Å². The van der Waals surface area contributed by atoms with E-state index in [2.05, 4.69) is 0 Å². The van der Waals surface area contributed by atoms with Crippen molar-refractivity contribution in [2.75, 3.05) is 13.7 Å². The lowest BCUT2D eigenvalue weighted by atomic mass is 10.1. The van der Waals surface area contributed by atoms with Gasteiger partial charge in [0.05, 0.1) is 18.6 Å². The fourth-order valence-corrected chi connectivity index (χ4v) is 3.93. The number of hydrogen-bond donors (Lipinski definition) is 1. The Labute approximate surface area is 153 Å². The Hall–Kier alpha value is -2.42. The standard InChI is InChI=1S/C18H22N2O5S/c1-4-25-18(21)17(14-9-11-15(24-3)12-10-14)20(19)26(22,23)16-8-6-5-7-13(16)2/h5-12,17H,4,19H2,1-3H3. The van der Waals surface area contributed by atoms with Gasteiger partial charge in [0.1, 0.15) is 5.75 Å². The minimum atomic E-state index is -4.12. The zero-order valence-corrected chi connectivity index (χ0v) is 15.7. The number of ether oxygens (including phenoxy) is 2. The topological polar surface area (TPSA) is 98.9 Å². The third-order valence-corrected chi connectivity index (χ3v) is 5.62. The first kappa shape index (κ1) is 19.9. The molecule has 2 rings (SSSR count). The van der Waals surface area contributed by atoms with Crippen LogP contribution in [0.2, 0.25) is 0 Å². The molecule has 2 aromatic rings. The summed E-state index contributed by atoms with van der Waals surface area (Å²) in [5, 5.41) is 0. The van der Waals surface area contributed by atoms with E-state index < -0.39 is 22.0 Å². The highest BCUT2D eigenvalue weighted by molar-refractivity contribution is 7.89. The van der Waals surface area contributed by atoms with Gasteiger partial charge in [-0.3, -0.25) is 5.84 Å². The van der Waals surface area contributed by atoms with E-state index in [-0.39, 0.29) is 11.5 Å². The number of methoxy groups -OCH3 is 1. The van der Waals surface area contributed by atoms with Crippen LogP contribution in [0, 0.1) is 6.92 Å². The molecule has 0 amide bonds. The summed E-state index contributed by atoms with van der Waals surface area (Å²) in [4.78, 5) is 12.5. The van der Waals surface area contributed by atoms with E-state index in [4.69, 9.17) is 15.3 Å². The minimum absolute atomic E-state index is 0.0327. The number of nitrogens with zero attached hydrogens (tertiary/aromatic N) is 1. The summed E-state index contributed by atoms with van der Waals surface area (Å²) in [6.45, 7) is 3.40. The molecular formula is C18H22N2O5S. The van der Waals surface area contributed by atoms with Gasteiger partial charge < -0.3 is 9.47 Å². The molecule has 0 bridgehead atoms. The van der Waals surface area contributed by atoms with E-state index in [1.165, 1.54) is 13.2 Å². The molecule has 0 aliphatic heterocycles. The van der Waals surface area contributed by atoms with Crippen LogP contribution in [0.25, 0.3) is 0 Å². The number of hydrazine groups is 1. The number of esters is 1. The molecule has 0 aliphatic carbocycles. The van der Waals surface area contributed by atoms with Crippen molar-refractivity contribution in [3.05, 3.63) is 59.7 Å². The minimum Gasteiger partial charge on any atom is -0.497 e. The van der Waals surface area contributed by atoms with Gasteiger partial charge in [-0.25, -0.2) is 13.2 Å². The average molecular weight is 378 g/mol. The highest BCUT2D eigenvalue weighted by Crippen LogP contribution is 2.28. The summed E-state index contributed by atoms with van der Waals surface area (Å²) >= 11 is 0. The van der Waals surface area contributed by atoms with Crippen LogP contribution in [0.1, 0.15) is 24.1 Å². The van der Waals surface area contributed by atoms with Crippen LogP contribution >= 0.6 is 0 Å². The first-order valence-corrected chi connectivity index (χ1v) is 9.42. The number of carbonyl (C=O) groups excluding carboxylic acids is 1. The molecule has 7 nitrogen and oxygen atoms in total. The zero-order chi connectivity index (χ0) is 19.3. The van der Waals surface area contributed by atoms with Crippen molar-refractivity contribution in [2.45, 2.75) is 24.8 Å². The molecule has 0 saturated heterocycles. The summed E-state index contributed by atoms with van der Waals surface area (Å²) in [5.41, 5.74) is 0.907. The second-order valence-electron chi connectivity index (χ2n) is 5.53. The SMILES string of the molecule is CCOC(=O)C(c1ccc(OC)cc1)N(N)S(=O)(=O)c1ccccc1C. The lowest BCUT2D eigenvalue weighted by molar-refractivity contribution is -0.148. The van der Waals surface area contributed by atoms with E-state index >= 15 is 0 Å². The van der Waals surface area contributed by atoms with Crippen LogP contribution in [0.4, 0.5) is 0 Å². The Morgan fingerprint density at radius 3 is 2.31 bits per heavy atom. The van der Waals surface area contributed by atoms with Gasteiger partial charge >= 0.3 is 5.97 Å². The number of nitrogens with two attached hydrogens (primary N) is 1. The van der Waals surface area contributed by atoms with Crippen LogP contribution in [0.3, 0.4) is 0 Å². The van der Waals surface area contributed by atoms with E-state index in [0.717, 1.165) is 0 Å². The van der Waals surface area contributed by atoms with Crippen LogP contribution in [0.15, 0.2) is 53.4 Å². The van der Waals surface area contributed by atoms with Gasteiger partial charge in [0, 0.05) is 0 Å². The molecule has 26 heavy (non-hydrogen) atoms. The van der Waals surface area contributed by atoms with Gasteiger partial charge in [-0.2, -0.15) is 0 Å². The van der Waals surface area contributed by atoms with Crippen molar-refractivity contribution in [2.24, 2.45) is 5.84 Å². The maximum Gasteiger partial charge on any atom is 0.330 e. The fourth-order valence-electron chi connectivity index (χ4n) is 2.49. The van der Waals surface area contributed by atoms with Gasteiger partial charge in [0.2, 0.25) is 0 Å². The Bertz CT molecular complexity index is 865. The van der Waals surface area contributed by atoms with Crippen molar-refractivity contribution in [3.63, 3.8) is 0 Å². The third kappa shape index (κ3) is 4.04. The molecule has 0 saturated carbocycles. The molecule has 140 valence electrons. The number of carbonyl (C=O) groups is 1. The average Bonchev–Trinajstić information content (AvgIpc) is 2.63. The Kier molecular flexibility index (Phi) is 6.36. The van der Waals surface area contributed by atoms with Gasteiger partial charge in [0.25, 0.3) is 10.0 Å². The Morgan fingerprint density at radius 2 is 1.77 bits per heavy atom. The summed E-state index contributed by atoms with van der Waals surface area (Å²) in [6.07, 6.45) is 0. The predicted molar refractivity (Wildman–Crippen MR) is 96.8 cm³/mol. The van der Waals surface area contributed by atoms with Gasteiger partial charge in [-0.15, -0.1) is 4.41 Å². The largest absolute Gasteiger partial charge is 0.497 e.